The van der Waals surface area contributed by atoms with Crippen molar-refractivity contribution in [1.82, 2.24) is 15.1 Å². The molecule has 25 heavy (non-hydrogen) atoms. The number of urea groups is 1. The molecule has 2 aliphatic heterocycles. The molecule has 2 aliphatic rings. The zero-order valence-corrected chi connectivity index (χ0v) is 14.9. The Morgan fingerprint density at radius 2 is 1.84 bits per heavy atom. The van der Waals surface area contributed by atoms with Crippen LogP contribution in [-0.4, -0.2) is 54.5 Å². The molecule has 1 spiro atoms. The van der Waals surface area contributed by atoms with Gasteiger partial charge >= 0.3 is 6.03 Å². The van der Waals surface area contributed by atoms with Crippen LogP contribution < -0.4 is 11.1 Å². The summed E-state index contributed by atoms with van der Waals surface area (Å²) >= 11 is 0. The number of primary amides is 1. The Balaban J connectivity index is 1.57. The summed E-state index contributed by atoms with van der Waals surface area (Å²) in [5.74, 6) is -0.232. The van der Waals surface area contributed by atoms with Crippen LogP contribution in [-0.2, 0) is 11.3 Å². The van der Waals surface area contributed by atoms with E-state index in [1.54, 1.807) is 0 Å². The van der Waals surface area contributed by atoms with Crippen LogP contribution >= 0.6 is 0 Å². The molecule has 0 aromatic heterocycles. The zero-order valence-electron chi connectivity index (χ0n) is 14.9. The number of likely N-dealkylation sites (tertiary alicyclic amines) is 2. The monoisotopic (exact) mass is 344 g/mol. The van der Waals surface area contributed by atoms with Crippen LogP contribution in [0.1, 0.15) is 31.2 Å². The zero-order chi connectivity index (χ0) is 17.9. The second-order valence-corrected chi connectivity index (χ2v) is 7.38. The molecule has 6 nitrogen and oxygen atoms in total. The van der Waals surface area contributed by atoms with Gasteiger partial charge in [-0.05, 0) is 50.3 Å². The van der Waals surface area contributed by atoms with Gasteiger partial charge in [0.15, 0.2) is 0 Å². The number of rotatable bonds is 3. The SMILES string of the molecule is CN1CCCC2(CCN(C(=O)NCc3ccccc3)CC2)C1C(N)=O. The fraction of sp³-hybridized carbons (Fsp3) is 0.579. The van der Waals surface area contributed by atoms with Gasteiger partial charge in [0, 0.05) is 19.6 Å². The maximum absolute atomic E-state index is 12.4. The maximum atomic E-state index is 12.4. The van der Waals surface area contributed by atoms with Gasteiger partial charge < -0.3 is 16.0 Å². The molecule has 2 saturated heterocycles. The number of nitrogens with one attached hydrogen (secondary N) is 1. The Bertz CT molecular complexity index is 611. The number of hydrogen-bond acceptors (Lipinski definition) is 3. The van der Waals surface area contributed by atoms with Crippen molar-refractivity contribution in [3.63, 3.8) is 0 Å². The van der Waals surface area contributed by atoms with Crippen LogP contribution in [0.15, 0.2) is 30.3 Å². The normalized spacial score (nSPS) is 23.4. The van der Waals surface area contributed by atoms with Gasteiger partial charge in [-0.25, -0.2) is 4.79 Å². The van der Waals surface area contributed by atoms with Gasteiger partial charge in [-0.15, -0.1) is 0 Å². The average Bonchev–Trinajstić information content (AvgIpc) is 2.61. The minimum atomic E-state index is -0.232. The first kappa shape index (κ1) is 17.7. The molecule has 1 unspecified atom stereocenters. The van der Waals surface area contributed by atoms with E-state index in [4.69, 9.17) is 5.73 Å². The third-order valence-electron chi connectivity index (χ3n) is 5.81. The van der Waals surface area contributed by atoms with E-state index in [0.29, 0.717) is 19.6 Å². The molecule has 1 atom stereocenters. The molecule has 2 heterocycles. The summed E-state index contributed by atoms with van der Waals surface area (Å²) in [6.45, 7) is 2.81. The third-order valence-corrected chi connectivity index (χ3v) is 5.81. The lowest BCUT2D eigenvalue weighted by Crippen LogP contribution is -2.61. The summed E-state index contributed by atoms with van der Waals surface area (Å²) in [4.78, 5) is 28.4. The highest BCUT2D eigenvalue weighted by molar-refractivity contribution is 5.81. The molecule has 0 bridgehead atoms. The standard InChI is InChI=1S/C19H28N4O2/c1-22-11-5-8-19(16(22)17(20)24)9-12-23(13-10-19)18(25)21-14-15-6-3-2-4-7-15/h2-4,6-7,16H,5,8-14H2,1H3,(H2,20,24)(H,21,25). The lowest BCUT2D eigenvalue weighted by molar-refractivity contribution is -0.132. The summed E-state index contributed by atoms with van der Waals surface area (Å²) in [6, 6.07) is 9.66. The first-order valence-electron chi connectivity index (χ1n) is 9.08. The van der Waals surface area contributed by atoms with E-state index in [1.165, 1.54) is 0 Å². The van der Waals surface area contributed by atoms with E-state index < -0.39 is 0 Å². The second kappa shape index (κ2) is 7.44. The van der Waals surface area contributed by atoms with Crippen LogP contribution in [0.3, 0.4) is 0 Å². The van der Waals surface area contributed by atoms with Crippen molar-refractivity contribution in [2.24, 2.45) is 11.1 Å². The summed E-state index contributed by atoms with van der Waals surface area (Å²) in [6.07, 6.45) is 3.78. The average molecular weight is 344 g/mol. The number of hydrogen-bond donors (Lipinski definition) is 2. The molecule has 0 radical (unpaired) electrons. The largest absolute Gasteiger partial charge is 0.368 e. The number of carbonyl (C=O) groups is 2. The molecule has 3 N–H and O–H groups in total. The maximum Gasteiger partial charge on any atom is 0.317 e. The number of nitrogens with zero attached hydrogens (tertiary/aromatic N) is 2. The van der Waals surface area contributed by atoms with Crippen molar-refractivity contribution in [2.45, 2.75) is 38.3 Å². The lowest BCUT2D eigenvalue weighted by atomic mass is 9.66. The van der Waals surface area contributed by atoms with Crippen molar-refractivity contribution >= 4 is 11.9 Å². The first-order chi connectivity index (χ1) is 12.0. The van der Waals surface area contributed by atoms with Gasteiger partial charge in [0.1, 0.15) is 0 Å². The van der Waals surface area contributed by atoms with Crippen molar-refractivity contribution in [3.05, 3.63) is 35.9 Å². The Hall–Kier alpha value is -2.08. The highest BCUT2D eigenvalue weighted by Gasteiger charge is 2.48. The van der Waals surface area contributed by atoms with Crippen LogP contribution in [0.4, 0.5) is 4.79 Å². The van der Waals surface area contributed by atoms with E-state index in [2.05, 4.69) is 10.2 Å². The molecule has 0 saturated carbocycles. The van der Waals surface area contributed by atoms with Crippen LogP contribution in [0.2, 0.25) is 0 Å². The summed E-state index contributed by atoms with van der Waals surface area (Å²) in [7, 11) is 1.98. The predicted octanol–water partition coefficient (Wildman–Crippen LogP) is 1.56. The first-order valence-corrected chi connectivity index (χ1v) is 9.08. The fourth-order valence-electron chi connectivity index (χ4n) is 4.50. The van der Waals surface area contributed by atoms with E-state index >= 15 is 0 Å². The molecule has 1 aromatic carbocycles. The topological polar surface area (TPSA) is 78.7 Å². The van der Waals surface area contributed by atoms with Gasteiger partial charge in [-0.1, -0.05) is 30.3 Å². The smallest absolute Gasteiger partial charge is 0.317 e. The molecular formula is C19H28N4O2. The molecule has 1 aromatic rings. The van der Waals surface area contributed by atoms with Crippen molar-refractivity contribution in [1.29, 1.82) is 0 Å². The summed E-state index contributed by atoms with van der Waals surface area (Å²) in [5, 5.41) is 2.99. The summed E-state index contributed by atoms with van der Waals surface area (Å²) in [5.41, 5.74) is 6.71. The molecule has 3 rings (SSSR count). The molecule has 2 fully saturated rings. The van der Waals surface area contributed by atoms with Crippen molar-refractivity contribution < 1.29 is 9.59 Å². The number of carbonyl (C=O) groups excluding carboxylic acids is 2. The number of likely N-dealkylation sites (N-methyl/N-ethyl adjacent to an activating group) is 1. The van der Waals surface area contributed by atoms with E-state index in [9.17, 15) is 9.59 Å². The summed E-state index contributed by atoms with van der Waals surface area (Å²) < 4.78 is 0. The van der Waals surface area contributed by atoms with Crippen molar-refractivity contribution in [3.8, 4) is 0 Å². The molecule has 136 valence electrons. The molecular weight excluding hydrogens is 316 g/mol. The number of benzene rings is 1. The number of amides is 3. The molecule has 0 aliphatic carbocycles. The Morgan fingerprint density at radius 1 is 1.16 bits per heavy atom. The number of piperidine rings is 2. The van der Waals surface area contributed by atoms with Crippen LogP contribution in [0.25, 0.3) is 0 Å². The molecule has 3 amide bonds. The Kier molecular flexibility index (Phi) is 5.27. The third kappa shape index (κ3) is 3.79. The minimum Gasteiger partial charge on any atom is -0.368 e. The number of nitrogens with two attached hydrogens (primary N) is 1. The fourth-order valence-corrected chi connectivity index (χ4v) is 4.50. The van der Waals surface area contributed by atoms with Gasteiger partial charge in [0.05, 0.1) is 6.04 Å². The highest BCUT2D eigenvalue weighted by Crippen LogP contribution is 2.44. The van der Waals surface area contributed by atoms with Gasteiger partial charge in [-0.2, -0.15) is 0 Å². The van der Waals surface area contributed by atoms with E-state index in [1.807, 2.05) is 42.3 Å². The van der Waals surface area contributed by atoms with Crippen LogP contribution in [0.5, 0.6) is 0 Å². The Labute approximate surface area is 149 Å². The van der Waals surface area contributed by atoms with Gasteiger partial charge in [-0.3, -0.25) is 9.69 Å². The van der Waals surface area contributed by atoms with Crippen molar-refractivity contribution in [2.75, 3.05) is 26.7 Å². The van der Waals surface area contributed by atoms with Gasteiger partial charge in [0.2, 0.25) is 5.91 Å². The van der Waals surface area contributed by atoms with Crippen LogP contribution in [0, 0.1) is 5.41 Å². The lowest BCUT2D eigenvalue weighted by Gasteiger charge is -2.51. The van der Waals surface area contributed by atoms with E-state index in [-0.39, 0.29) is 23.4 Å². The minimum absolute atomic E-state index is 0.0292. The second-order valence-electron chi connectivity index (χ2n) is 7.38. The van der Waals surface area contributed by atoms with Gasteiger partial charge in [0.25, 0.3) is 0 Å². The highest BCUT2D eigenvalue weighted by atomic mass is 16.2. The quantitative estimate of drug-likeness (QED) is 0.873. The predicted molar refractivity (Wildman–Crippen MR) is 96.8 cm³/mol. The van der Waals surface area contributed by atoms with E-state index in [0.717, 1.165) is 37.8 Å². The Morgan fingerprint density at radius 3 is 2.48 bits per heavy atom. The molecule has 6 heteroatoms.